The van der Waals surface area contributed by atoms with Crippen LogP contribution in [-0.2, 0) is 16.0 Å². The first-order chi connectivity index (χ1) is 14.9. The third-order valence-electron chi connectivity index (χ3n) is 5.46. The van der Waals surface area contributed by atoms with Gasteiger partial charge in [0.2, 0.25) is 11.8 Å². The first kappa shape index (κ1) is 20.9. The van der Waals surface area contributed by atoms with Gasteiger partial charge in [0, 0.05) is 24.1 Å². The normalized spacial score (nSPS) is 13.7. The molecular weight excluding hydrogens is 410 g/mol. The predicted octanol–water partition coefficient (Wildman–Crippen LogP) is 4.90. The number of hydrogen-bond donors (Lipinski definition) is 1. The van der Waals surface area contributed by atoms with Gasteiger partial charge in [0.1, 0.15) is 9.88 Å². The average molecular weight is 434 g/mol. The predicted molar refractivity (Wildman–Crippen MR) is 123 cm³/mol. The molecule has 0 spiro atoms. The van der Waals surface area contributed by atoms with Crippen molar-refractivity contribution in [2.75, 3.05) is 10.2 Å². The highest BCUT2D eigenvalue weighted by Gasteiger charge is 2.31. The molecule has 0 radical (unpaired) electrons. The molecule has 1 N–H and O–H groups in total. The van der Waals surface area contributed by atoms with Crippen LogP contribution in [0.2, 0.25) is 0 Å². The Morgan fingerprint density at radius 2 is 1.74 bits per heavy atom. The first-order valence-corrected chi connectivity index (χ1v) is 11.0. The van der Waals surface area contributed by atoms with Crippen molar-refractivity contribution in [2.24, 2.45) is 0 Å². The Labute approximate surface area is 184 Å². The quantitative estimate of drug-likeness (QED) is 0.581. The van der Waals surface area contributed by atoms with E-state index in [1.165, 1.54) is 21.8 Å². The Morgan fingerprint density at radius 1 is 1.06 bits per heavy atom. The minimum Gasteiger partial charge on any atom is -0.321 e. The van der Waals surface area contributed by atoms with Crippen molar-refractivity contribution in [3.05, 3.63) is 64.2 Å². The lowest BCUT2D eigenvalue weighted by Gasteiger charge is -2.19. The summed E-state index contributed by atoms with van der Waals surface area (Å²) in [6.45, 7) is 5.72. The lowest BCUT2D eigenvalue weighted by molar-refractivity contribution is -0.121. The summed E-state index contributed by atoms with van der Waals surface area (Å²) in [7, 11) is 0. The second-order valence-corrected chi connectivity index (χ2v) is 8.51. The Balaban J connectivity index is 1.59. The SMILES string of the molecule is CCc1ccc(-c2nc(C)c(C(=O)Nc3cccc(N4C(=O)CCC4=O)c3C)s2)cc1. The number of aromatic nitrogens is 1. The highest BCUT2D eigenvalue weighted by molar-refractivity contribution is 7.17. The Hall–Kier alpha value is -3.32. The zero-order valence-electron chi connectivity index (χ0n) is 17.7. The fraction of sp³-hybridized carbons (Fsp3) is 0.250. The van der Waals surface area contributed by atoms with E-state index in [4.69, 9.17) is 0 Å². The molecule has 31 heavy (non-hydrogen) atoms. The molecule has 1 aromatic heterocycles. The summed E-state index contributed by atoms with van der Waals surface area (Å²) in [5.41, 5.74) is 4.65. The highest BCUT2D eigenvalue weighted by atomic mass is 32.1. The van der Waals surface area contributed by atoms with E-state index in [0.29, 0.717) is 27.5 Å². The number of nitrogens with one attached hydrogen (secondary N) is 1. The number of rotatable bonds is 5. The third kappa shape index (κ3) is 4.01. The molecule has 0 saturated carbocycles. The standard InChI is InChI=1S/C24H23N3O3S/c1-4-16-8-10-17(11-9-16)24-25-15(3)22(31-24)23(30)26-18-6-5-7-19(14(18)2)27-20(28)12-13-21(27)29/h5-11H,4,12-13H2,1-3H3,(H,26,30). The highest BCUT2D eigenvalue weighted by Crippen LogP contribution is 2.32. The molecule has 1 aliphatic heterocycles. The van der Waals surface area contributed by atoms with Crippen LogP contribution in [0, 0.1) is 13.8 Å². The van der Waals surface area contributed by atoms with Gasteiger partial charge in [0.15, 0.2) is 0 Å². The van der Waals surface area contributed by atoms with Crippen molar-refractivity contribution >= 4 is 40.4 Å². The van der Waals surface area contributed by atoms with Crippen molar-refractivity contribution in [1.82, 2.24) is 4.98 Å². The zero-order valence-corrected chi connectivity index (χ0v) is 18.5. The minimum atomic E-state index is -0.259. The van der Waals surface area contributed by atoms with Gasteiger partial charge in [-0.3, -0.25) is 19.3 Å². The van der Waals surface area contributed by atoms with E-state index in [1.807, 2.05) is 19.1 Å². The summed E-state index contributed by atoms with van der Waals surface area (Å²) in [4.78, 5) is 43.6. The summed E-state index contributed by atoms with van der Waals surface area (Å²) < 4.78 is 0. The molecule has 6 nitrogen and oxygen atoms in total. The smallest absolute Gasteiger partial charge is 0.267 e. The number of carbonyl (C=O) groups excluding carboxylic acids is 3. The zero-order chi connectivity index (χ0) is 22.1. The number of hydrogen-bond acceptors (Lipinski definition) is 5. The van der Waals surface area contributed by atoms with Crippen LogP contribution in [0.1, 0.15) is 46.3 Å². The van der Waals surface area contributed by atoms with E-state index in [1.54, 1.807) is 25.1 Å². The van der Waals surface area contributed by atoms with Gasteiger partial charge in [-0.25, -0.2) is 4.98 Å². The number of carbonyl (C=O) groups is 3. The number of imide groups is 1. The molecule has 3 aromatic rings. The van der Waals surface area contributed by atoms with E-state index in [0.717, 1.165) is 17.0 Å². The van der Waals surface area contributed by atoms with Gasteiger partial charge in [0.25, 0.3) is 5.91 Å². The average Bonchev–Trinajstić information content (AvgIpc) is 3.32. The van der Waals surface area contributed by atoms with Crippen LogP contribution in [0.15, 0.2) is 42.5 Å². The van der Waals surface area contributed by atoms with E-state index in [2.05, 4.69) is 29.4 Å². The van der Waals surface area contributed by atoms with E-state index >= 15 is 0 Å². The molecule has 158 valence electrons. The van der Waals surface area contributed by atoms with E-state index < -0.39 is 0 Å². The Kier molecular flexibility index (Phi) is 5.69. The molecule has 2 aromatic carbocycles. The molecule has 0 atom stereocenters. The molecule has 1 fully saturated rings. The van der Waals surface area contributed by atoms with Gasteiger partial charge < -0.3 is 5.32 Å². The molecule has 1 aliphatic rings. The second-order valence-electron chi connectivity index (χ2n) is 7.51. The van der Waals surface area contributed by atoms with Crippen LogP contribution in [-0.4, -0.2) is 22.7 Å². The van der Waals surface area contributed by atoms with Gasteiger partial charge in [-0.2, -0.15) is 0 Å². The number of benzene rings is 2. The molecule has 0 bridgehead atoms. The van der Waals surface area contributed by atoms with Gasteiger partial charge >= 0.3 is 0 Å². The van der Waals surface area contributed by atoms with Crippen molar-refractivity contribution in [1.29, 1.82) is 0 Å². The van der Waals surface area contributed by atoms with Gasteiger partial charge in [-0.15, -0.1) is 11.3 Å². The summed E-state index contributed by atoms with van der Waals surface area (Å²) in [6.07, 6.45) is 1.41. The topological polar surface area (TPSA) is 79.4 Å². The number of thiazole rings is 1. The van der Waals surface area contributed by atoms with E-state index in [9.17, 15) is 14.4 Å². The van der Waals surface area contributed by atoms with E-state index in [-0.39, 0.29) is 30.6 Å². The molecule has 0 unspecified atom stereocenters. The summed E-state index contributed by atoms with van der Waals surface area (Å²) >= 11 is 1.35. The van der Waals surface area contributed by atoms with Gasteiger partial charge in [-0.05, 0) is 43.5 Å². The number of nitrogens with zero attached hydrogens (tertiary/aromatic N) is 2. The lowest BCUT2D eigenvalue weighted by atomic mass is 10.1. The molecular formula is C24H23N3O3S. The third-order valence-corrected chi connectivity index (χ3v) is 6.66. The molecule has 1 saturated heterocycles. The summed E-state index contributed by atoms with van der Waals surface area (Å²) in [5.74, 6) is -0.687. The Bertz CT molecular complexity index is 1170. The summed E-state index contributed by atoms with van der Waals surface area (Å²) in [5, 5.41) is 3.72. The number of anilines is 2. The second kappa shape index (κ2) is 8.43. The van der Waals surface area contributed by atoms with Crippen LogP contribution < -0.4 is 10.2 Å². The maximum absolute atomic E-state index is 13.0. The largest absolute Gasteiger partial charge is 0.321 e. The first-order valence-electron chi connectivity index (χ1n) is 10.2. The fourth-order valence-electron chi connectivity index (χ4n) is 3.64. The van der Waals surface area contributed by atoms with Gasteiger partial charge in [0.05, 0.1) is 11.4 Å². The van der Waals surface area contributed by atoms with Crippen molar-refractivity contribution in [3.8, 4) is 10.6 Å². The fourth-order valence-corrected chi connectivity index (χ4v) is 4.61. The molecule has 4 rings (SSSR count). The van der Waals surface area contributed by atoms with Crippen molar-refractivity contribution in [3.63, 3.8) is 0 Å². The maximum atomic E-state index is 13.0. The number of amides is 3. The Morgan fingerprint density at radius 3 is 2.39 bits per heavy atom. The van der Waals surface area contributed by atoms with Crippen LogP contribution in [0.25, 0.3) is 10.6 Å². The molecule has 2 heterocycles. The van der Waals surface area contributed by atoms with Crippen LogP contribution in [0.4, 0.5) is 11.4 Å². The van der Waals surface area contributed by atoms with Crippen molar-refractivity contribution < 1.29 is 14.4 Å². The van der Waals surface area contributed by atoms with Crippen LogP contribution in [0.5, 0.6) is 0 Å². The molecule has 3 amide bonds. The maximum Gasteiger partial charge on any atom is 0.267 e. The van der Waals surface area contributed by atoms with Gasteiger partial charge in [-0.1, -0.05) is 37.3 Å². The minimum absolute atomic E-state index is 0.214. The van der Waals surface area contributed by atoms with Crippen molar-refractivity contribution in [2.45, 2.75) is 40.0 Å². The lowest BCUT2D eigenvalue weighted by Crippen LogP contribution is -2.29. The monoisotopic (exact) mass is 433 g/mol. The number of aryl methyl sites for hydroxylation is 2. The van der Waals surface area contributed by atoms with Crippen LogP contribution in [0.3, 0.4) is 0 Å². The summed E-state index contributed by atoms with van der Waals surface area (Å²) in [6, 6.07) is 13.4. The van der Waals surface area contributed by atoms with Crippen LogP contribution >= 0.6 is 11.3 Å². The molecule has 7 heteroatoms. The molecule has 0 aliphatic carbocycles.